The van der Waals surface area contributed by atoms with Gasteiger partial charge < -0.3 is 16.2 Å². The van der Waals surface area contributed by atoms with Gasteiger partial charge in [0.1, 0.15) is 0 Å². The first kappa shape index (κ1) is 9.34. The maximum atomic E-state index is 9.12. The van der Waals surface area contributed by atoms with E-state index in [1.807, 2.05) is 24.3 Å². The van der Waals surface area contributed by atoms with E-state index in [9.17, 15) is 0 Å². The molecule has 2 rings (SSSR count). The number of para-hydroxylation sites is 2. The van der Waals surface area contributed by atoms with Crippen molar-refractivity contribution in [2.45, 2.75) is 18.9 Å². The third-order valence-corrected chi connectivity index (χ3v) is 2.75. The van der Waals surface area contributed by atoms with Crippen molar-refractivity contribution in [1.82, 2.24) is 0 Å². The molecule has 1 aliphatic carbocycles. The van der Waals surface area contributed by atoms with Crippen molar-refractivity contribution >= 4 is 11.4 Å². The molecule has 4 N–H and O–H groups in total. The summed E-state index contributed by atoms with van der Waals surface area (Å²) in [5.41, 5.74) is 7.56. The Balaban J connectivity index is 1.83. The molecule has 0 spiro atoms. The monoisotopic (exact) mass is 192 g/mol. The topological polar surface area (TPSA) is 58.3 Å². The van der Waals surface area contributed by atoms with Crippen LogP contribution in [0, 0.1) is 5.92 Å². The number of benzene rings is 1. The second-order valence-electron chi connectivity index (χ2n) is 3.96. The molecule has 1 aliphatic rings. The molecule has 14 heavy (non-hydrogen) atoms. The minimum absolute atomic E-state index is 0.0741. The third kappa shape index (κ3) is 1.99. The van der Waals surface area contributed by atoms with Crippen LogP contribution in [0.15, 0.2) is 24.3 Å². The van der Waals surface area contributed by atoms with Gasteiger partial charge in [0, 0.05) is 6.54 Å². The van der Waals surface area contributed by atoms with Crippen LogP contribution in [-0.2, 0) is 0 Å². The number of aliphatic hydroxyl groups excluding tert-OH is 1. The minimum atomic E-state index is -0.0741. The van der Waals surface area contributed by atoms with Crippen molar-refractivity contribution in [3.05, 3.63) is 24.3 Å². The summed E-state index contributed by atoms with van der Waals surface area (Å²) in [4.78, 5) is 0. The number of nitrogen functional groups attached to an aromatic ring is 1. The van der Waals surface area contributed by atoms with Gasteiger partial charge in [-0.3, -0.25) is 0 Å². The van der Waals surface area contributed by atoms with Crippen LogP contribution in [0.4, 0.5) is 11.4 Å². The van der Waals surface area contributed by atoms with Crippen molar-refractivity contribution in [3.8, 4) is 0 Å². The molecule has 3 nitrogen and oxygen atoms in total. The highest BCUT2D eigenvalue weighted by Crippen LogP contribution is 2.28. The average molecular weight is 192 g/mol. The summed E-state index contributed by atoms with van der Waals surface area (Å²) < 4.78 is 0. The van der Waals surface area contributed by atoms with Gasteiger partial charge in [-0.1, -0.05) is 12.1 Å². The molecule has 0 aromatic heterocycles. The lowest BCUT2D eigenvalue weighted by molar-refractivity contribution is 0.0487. The molecule has 0 radical (unpaired) electrons. The number of nitrogens with one attached hydrogen (secondary N) is 1. The first-order chi connectivity index (χ1) is 6.75. The molecule has 0 aliphatic heterocycles. The number of aliphatic hydroxyl groups is 1. The number of anilines is 2. The van der Waals surface area contributed by atoms with Gasteiger partial charge in [-0.2, -0.15) is 0 Å². The number of nitrogens with two attached hydrogens (primary N) is 1. The Morgan fingerprint density at radius 3 is 2.71 bits per heavy atom. The van der Waals surface area contributed by atoms with Crippen molar-refractivity contribution < 1.29 is 5.11 Å². The largest absolute Gasteiger partial charge is 0.397 e. The molecule has 1 aromatic carbocycles. The van der Waals surface area contributed by atoms with Crippen molar-refractivity contribution in [1.29, 1.82) is 0 Å². The van der Waals surface area contributed by atoms with E-state index in [4.69, 9.17) is 10.8 Å². The van der Waals surface area contributed by atoms with E-state index in [0.717, 1.165) is 30.8 Å². The van der Waals surface area contributed by atoms with Gasteiger partial charge in [-0.25, -0.2) is 0 Å². The number of hydrogen-bond acceptors (Lipinski definition) is 3. The summed E-state index contributed by atoms with van der Waals surface area (Å²) in [6.45, 7) is 0.908. The molecule has 0 unspecified atom stereocenters. The van der Waals surface area contributed by atoms with Gasteiger partial charge in [0.15, 0.2) is 0 Å². The lowest BCUT2D eigenvalue weighted by Crippen LogP contribution is -2.33. The van der Waals surface area contributed by atoms with Gasteiger partial charge in [0.2, 0.25) is 0 Å². The second-order valence-corrected chi connectivity index (χ2v) is 3.96. The van der Waals surface area contributed by atoms with E-state index in [2.05, 4.69) is 5.32 Å². The zero-order valence-electron chi connectivity index (χ0n) is 8.11. The Labute approximate surface area is 83.9 Å². The Kier molecular flexibility index (Phi) is 2.59. The van der Waals surface area contributed by atoms with Gasteiger partial charge in [0.25, 0.3) is 0 Å². The van der Waals surface area contributed by atoms with E-state index >= 15 is 0 Å². The molecule has 0 atom stereocenters. The molecule has 1 aromatic rings. The first-order valence-corrected chi connectivity index (χ1v) is 5.02. The summed E-state index contributed by atoms with van der Waals surface area (Å²) in [5.74, 6) is 0.601. The average Bonchev–Trinajstić information content (AvgIpc) is 2.13. The Bertz CT molecular complexity index is 308. The predicted molar refractivity (Wildman–Crippen MR) is 58.1 cm³/mol. The molecular formula is C11H16N2O. The molecule has 76 valence electrons. The van der Waals surface area contributed by atoms with E-state index in [1.165, 1.54) is 0 Å². The summed E-state index contributed by atoms with van der Waals surface area (Å²) in [6, 6.07) is 7.75. The molecule has 0 bridgehead atoms. The van der Waals surface area contributed by atoms with Gasteiger partial charge in [-0.15, -0.1) is 0 Å². The minimum Gasteiger partial charge on any atom is -0.397 e. The summed E-state index contributed by atoms with van der Waals surface area (Å²) >= 11 is 0. The fourth-order valence-corrected chi connectivity index (χ4v) is 1.78. The standard InChI is InChI=1S/C11H16N2O/c12-10-3-1-2-4-11(10)13-7-8-5-9(14)6-8/h1-4,8-9,13-14H,5-7,12H2. The lowest BCUT2D eigenvalue weighted by atomic mass is 9.82. The predicted octanol–water partition coefficient (Wildman–Crippen LogP) is 1.45. The van der Waals surface area contributed by atoms with Crippen LogP contribution >= 0.6 is 0 Å². The van der Waals surface area contributed by atoms with Crippen LogP contribution in [0.3, 0.4) is 0 Å². The normalized spacial score (nSPS) is 25.5. The van der Waals surface area contributed by atoms with Gasteiger partial charge in [-0.05, 0) is 30.9 Å². The zero-order valence-corrected chi connectivity index (χ0v) is 8.11. The molecule has 0 heterocycles. The molecule has 1 fully saturated rings. The first-order valence-electron chi connectivity index (χ1n) is 5.02. The van der Waals surface area contributed by atoms with Crippen LogP contribution in [0.2, 0.25) is 0 Å². The SMILES string of the molecule is Nc1ccccc1NCC1CC(O)C1. The quantitative estimate of drug-likeness (QED) is 0.635. The van der Waals surface area contributed by atoms with E-state index in [1.54, 1.807) is 0 Å². The third-order valence-electron chi connectivity index (χ3n) is 2.75. The molecular weight excluding hydrogens is 176 g/mol. The molecule has 3 heteroatoms. The fourth-order valence-electron chi connectivity index (χ4n) is 1.78. The summed E-state index contributed by atoms with van der Waals surface area (Å²) in [5, 5.41) is 12.4. The smallest absolute Gasteiger partial charge is 0.0573 e. The van der Waals surface area contributed by atoms with Crippen molar-refractivity contribution in [2.24, 2.45) is 5.92 Å². The molecule has 1 saturated carbocycles. The van der Waals surface area contributed by atoms with Crippen LogP contribution < -0.4 is 11.1 Å². The molecule has 0 saturated heterocycles. The van der Waals surface area contributed by atoms with Crippen LogP contribution in [0.1, 0.15) is 12.8 Å². The summed E-state index contributed by atoms with van der Waals surface area (Å²) in [6.07, 6.45) is 1.76. The highest BCUT2D eigenvalue weighted by molar-refractivity contribution is 5.65. The number of hydrogen-bond donors (Lipinski definition) is 3. The highest BCUT2D eigenvalue weighted by atomic mass is 16.3. The van der Waals surface area contributed by atoms with Gasteiger partial charge in [0.05, 0.1) is 17.5 Å². The Hall–Kier alpha value is -1.22. The highest BCUT2D eigenvalue weighted by Gasteiger charge is 2.26. The number of rotatable bonds is 3. The van der Waals surface area contributed by atoms with Crippen LogP contribution in [-0.4, -0.2) is 17.8 Å². The van der Waals surface area contributed by atoms with Crippen LogP contribution in [0.5, 0.6) is 0 Å². The lowest BCUT2D eigenvalue weighted by Gasteiger charge is -2.31. The van der Waals surface area contributed by atoms with Crippen LogP contribution in [0.25, 0.3) is 0 Å². The Morgan fingerprint density at radius 1 is 1.36 bits per heavy atom. The van der Waals surface area contributed by atoms with E-state index in [0.29, 0.717) is 5.92 Å². The summed E-state index contributed by atoms with van der Waals surface area (Å²) in [7, 11) is 0. The second kappa shape index (κ2) is 3.88. The van der Waals surface area contributed by atoms with Crippen molar-refractivity contribution in [3.63, 3.8) is 0 Å². The van der Waals surface area contributed by atoms with E-state index in [-0.39, 0.29) is 6.10 Å². The maximum Gasteiger partial charge on any atom is 0.0573 e. The van der Waals surface area contributed by atoms with Crippen molar-refractivity contribution in [2.75, 3.05) is 17.6 Å². The maximum absolute atomic E-state index is 9.12. The Morgan fingerprint density at radius 2 is 2.07 bits per heavy atom. The fraction of sp³-hybridized carbons (Fsp3) is 0.455. The zero-order chi connectivity index (χ0) is 9.97. The molecule has 0 amide bonds. The van der Waals surface area contributed by atoms with E-state index < -0.39 is 0 Å². The van der Waals surface area contributed by atoms with Gasteiger partial charge >= 0.3 is 0 Å².